The molecule has 1 aliphatic carbocycles. The smallest absolute Gasteiger partial charge is 0.410 e. The van der Waals surface area contributed by atoms with Gasteiger partial charge in [-0.3, -0.25) is 9.80 Å². The van der Waals surface area contributed by atoms with Gasteiger partial charge in [-0.25, -0.2) is 9.78 Å². The number of piperazine rings is 1. The number of aliphatic hydroxyl groups is 1. The highest BCUT2D eigenvalue weighted by molar-refractivity contribution is 5.94. The molecule has 3 fully saturated rings. The van der Waals surface area contributed by atoms with Crippen LogP contribution in [-0.4, -0.2) is 110 Å². The molecule has 2 N–H and O–H groups in total. The number of carbonyl (C=O) groups is 1. The maximum absolute atomic E-state index is 12.7. The summed E-state index contributed by atoms with van der Waals surface area (Å²) < 4.78 is 46.0. The van der Waals surface area contributed by atoms with Gasteiger partial charge < -0.3 is 24.6 Å². The number of rotatable bonds is 8. The molecule has 4 heterocycles. The number of anilines is 1. The van der Waals surface area contributed by atoms with Crippen LogP contribution in [0.4, 0.5) is 23.9 Å². The van der Waals surface area contributed by atoms with E-state index in [9.17, 15) is 23.1 Å². The summed E-state index contributed by atoms with van der Waals surface area (Å²) in [5.41, 5.74) is 3.43. The van der Waals surface area contributed by atoms with Gasteiger partial charge in [0.1, 0.15) is 11.2 Å². The highest BCUT2D eigenvalue weighted by atomic mass is 19.4. The standard InChI is InChI=1S/C36H50F3N7O3/c1-35(2,3)49-34(48)45-16-4-5-28(23-45)44-19-17-43(18-20-44)22-25-6-8-26(9-7-25)31-24-46(27-10-12-29(47)13-11-27)32-30(31)21-41-33(42-32)40-15-14-36(37,38)39/h6-9,21,24,27-29,47H,4-5,10-20,22-23H2,1-3H3,(H,40,41,42)/t27-,28?,29-. The Kier molecular flexibility index (Phi) is 10.7. The minimum atomic E-state index is -4.25. The number of aromatic nitrogens is 3. The van der Waals surface area contributed by atoms with Crippen LogP contribution >= 0.6 is 0 Å². The lowest BCUT2D eigenvalue weighted by Crippen LogP contribution is -2.56. The molecular weight excluding hydrogens is 635 g/mol. The number of hydrogen-bond acceptors (Lipinski definition) is 8. The van der Waals surface area contributed by atoms with E-state index in [1.165, 1.54) is 5.56 Å². The molecule has 1 atom stereocenters. The van der Waals surface area contributed by atoms with Gasteiger partial charge in [0.25, 0.3) is 0 Å². The van der Waals surface area contributed by atoms with Crippen molar-refractivity contribution in [1.29, 1.82) is 0 Å². The van der Waals surface area contributed by atoms with Crippen LogP contribution in [0.15, 0.2) is 36.7 Å². The third-order valence-corrected chi connectivity index (χ3v) is 9.97. The van der Waals surface area contributed by atoms with Gasteiger partial charge in [-0.1, -0.05) is 24.3 Å². The minimum absolute atomic E-state index is 0.143. The average Bonchev–Trinajstić information content (AvgIpc) is 3.43. The van der Waals surface area contributed by atoms with Crippen LogP contribution in [0.5, 0.6) is 0 Å². The maximum atomic E-state index is 12.7. The van der Waals surface area contributed by atoms with Crippen molar-refractivity contribution in [2.45, 2.75) is 102 Å². The molecule has 2 saturated heterocycles. The largest absolute Gasteiger partial charge is 0.444 e. The fourth-order valence-electron chi connectivity index (χ4n) is 7.36. The van der Waals surface area contributed by atoms with Crippen molar-refractivity contribution in [2.75, 3.05) is 51.1 Å². The van der Waals surface area contributed by atoms with Crippen LogP contribution < -0.4 is 5.32 Å². The zero-order valence-corrected chi connectivity index (χ0v) is 28.9. The third-order valence-electron chi connectivity index (χ3n) is 9.97. The number of carbonyl (C=O) groups excluding carboxylic acids is 1. The first kappa shape index (κ1) is 35.4. The van der Waals surface area contributed by atoms with Crippen LogP contribution in [0.1, 0.15) is 77.3 Å². The lowest BCUT2D eigenvalue weighted by Gasteiger charge is -2.43. The van der Waals surface area contributed by atoms with Crippen molar-refractivity contribution in [3.05, 3.63) is 42.2 Å². The van der Waals surface area contributed by atoms with Crippen molar-refractivity contribution in [1.82, 2.24) is 29.2 Å². The topological polar surface area (TPSA) is 99.0 Å². The Balaban J connectivity index is 1.09. The fourth-order valence-corrected chi connectivity index (χ4v) is 7.36. The van der Waals surface area contributed by atoms with Gasteiger partial charge in [-0.05, 0) is 70.4 Å². The molecule has 3 aromatic rings. The zero-order chi connectivity index (χ0) is 34.8. The Bertz CT molecular complexity index is 1560. The van der Waals surface area contributed by atoms with E-state index in [1.54, 1.807) is 6.20 Å². The van der Waals surface area contributed by atoms with E-state index < -0.39 is 18.2 Å². The van der Waals surface area contributed by atoms with Gasteiger partial charge in [-0.15, -0.1) is 0 Å². The number of benzene rings is 1. The van der Waals surface area contributed by atoms with Crippen LogP contribution in [-0.2, 0) is 11.3 Å². The summed E-state index contributed by atoms with van der Waals surface area (Å²) in [5.74, 6) is 0.179. The Hall–Kier alpha value is -3.42. The zero-order valence-electron chi connectivity index (χ0n) is 28.9. The van der Waals surface area contributed by atoms with Gasteiger partial charge in [0.05, 0.1) is 12.5 Å². The van der Waals surface area contributed by atoms with E-state index in [2.05, 4.69) is 60.1 Å². The Morgan fingerprint density at radius 2 is 1.69 bits per heavy atom. The van der Waals surface area contributed by atoms with Gasteiger partial charge in [0.15, 0.2) is 0 Å². The van der Waals surface area contributed by atoms with Gasteiger partial charge in [0.2, 0.25) is 5.95 Å². The van der Waals surface area contributed by atoms with Crippen LogP contribution in [0.3, 0.4) is 0 Å². The Labute approximate surface area is 286 Å². The van der Waals surface area contributed by atoms with Crippen molar-refractivity contribution < 1.29 is 27.8 Å². The molecule has 49 heavy (non-hydrogen) atoms. The normalized spacial score (nSPS) is 23.2. The molecule has 6 rings (SSSR count). The molecule has 1 unspecified atom stereocenters. The number of ether oxygens (including phenoxy) is 1. The molecule has 2 aromatic heterocycles. The molecule has 0 spiro atoms. The van der Waals surface area contributed by atoms with E-state index in [0.717, 1.165) is 88.0 Å². The number of nitrogens with one attached hydrogen (secondary N) is 1. The van der Waals surface area contributed by atoms with Crippen LogP contribution in [0, 0.1) is 0 Å². The molecule has 1 amide bonds. The van der Waals surface area contributed by atoms with Crippen molar-refractivity contribution in [2.24, 2.45) is 0 Å². The molecule has 1 saturated carbocycles. The monoisotopic (exact) mass is 685 g/mol. The minimum Gasteiger partial charge on any atom is -0.444 e. The number of amides is 1. The number of hydrogen-bond donors (Lipinski definition) is 2. The predicted octanol–water partition coefficient (Wildman–Crippen LogP) is 6.46. The quantitative estimate of drug-likeness (QED) is 0.279. The number of aliphatic hydroxyl groups excluding tert-OH is 1. The SMILES string of the molecule is CC(C)(C)OC(=O)N1CCCC(N2CCN(Cc3ccc(-c4cn([C@H]5CC[C@H](O)CC5)c5nc(NCCC(F)(F)F)ncc45)cc3)CC2)C1. The summed E-state index contributed by atoms with van der Waals surface area (Å²) in [6.45, 7) is 11.6. The first-order valence-corrected chi connectivity index (χ1v) is 17.7. The van der Waals surface area contributed by atoms with E-state index in [-0.39, 0.29) is 30.7 Å². The predicted molar refractivity (Wildman–Crippen MR) is 183 cm³/mol. The van der Waals surface area contributed by atoms with E-state index in [0.29, 0.717) is 24.5 Å². The molecule has 0 bridgehead atoms. The molecule has 10 nitrogen and oxygen atoms in total. The second-order valence-electron chi connectivity index (χ2n) is 14.9. The molecule has 1 aromatic carbocycles. The summed E-state index contributed by atoms with van der Waals surface area (Å²) in [6.07, 6.45) is 3.17. The van der Waals surface area contributed by atoms with Crippen LogP contribution in [0.25, 0.3) is 22.2 Å². The summed E-state index contributed by atoms with van der Waals surface area (Å²) in [7, 11) is 0. The third kappa shape index (κ3) is 9.23. The van der Waals surface area contributed by atoms with Crippen LogP contribution in [0.2, 0.25) is 0 Å². The molecule has 13 heteroatoms. The number of nitrogens with zero attached hydrogens (tertiary/aromatic N) is 6. The highest BCUT2D eigenvalue weighted by Gasteiger charge is 2.32. The highest BCUT2D eigenvalue weighted by Crippen LogP contribution is 2.37. The van der Waals surface area contributed by atoms with Crippen molar-refractivity contribution in [3.63, 3.8) is 0 Å². The van der Waals surface area contributed by atoms with E-state index in [1.807, 2.05) is 25.7 Å². The molecule has 3 aliphatic rings. The van der Waals surface area contributed by atoms with E-state index >= 15 is 0 Å². The van der Waals surface area contributed by atoms with Crippen molar-refractivity contribution >= 4 is 23.1 Å². The fraction of sp³-hybridized carbons (Fsp3) is 0.639. The summed E-state index contributed by atoms with van der Waals surface area (Å²) >= 11 is 0. The second-order valence-corrected chi connectivity index (χ2v) is 14.9. The Morgan fingerprint density at radius 1 is 0.980 bits per heavy atom. The summed E-state index contributed by atoms with van der Waals surface area (Å²) in [4.78, 5) is 28.6. The number of piperidine rings is 1. The number of alkyl halides is 3. The first-order chi connectivity index (χ1) is 23.3. The summed E-state index contributed by atoms with van der Waals surface area (Å²) in [6, 6.07) is 9.07. The molecule has 0 radical (unpaired) electrons. The van der Waals surface area contributed by atoms with Crippen molar-refractivity contribution in [3.8, 4) is 11.1 Å². The summed E-state index contributed by atoms with van der Waals surface area (Å²) in [5, 5.41) is 13.7. The first-order valence-electron chi connectivity index (χ1n) is 17.7. The van der Waals surface area contributed by atoms with Gasteiger partial charge >= 0.3 is 12.3 Å². The lowest BCUT2D eigenvalue weighted by molar-refractivity contribution is -0.131. The van der Waals surface area contributed by atoms with Gasteiger partial charge in [0, 0.05) is 87.8 Å². The molecular formula is C36H50F3N7O3. The number of likely N-dealkylation sites (tertiary alicyclic amines) is 1. The maximum Gasteiger partial charge on any atom is 0.410 e. The van der Waals surface area contributed by atoms with Gasteiger partial charge in [-0.2, -0.15) is 18.2 Å². The van der Waals surface area contributed by atoms with E-state index in [4.69, 9.17) is 4.74 Å². The molecule has 2 aliphatic heterocycles. The Morgan fingerprint density at radius 3 is 2.37 bits per heavy atom. The average molecular weight is 686 g/mol. The molecule has 268 valence electrons. The second kappa shape index (κ2) is 14.8. The lowest BCUT2D eigenvalue weighted by atomic mass is 9.93. The number of fused-ring (bicyclic) bond motifs is 1. The number of halogens is 3.